The summed E-state index contributed by atoms with van der Waals surface area (Å²) in [4.78, 5) is 14.6. The van der Waals surface area contributed by atoms with Crippen LogP contribution in [0.4, 0.5) is 4.39 Å². The van der Waals surface area contributed by atoms with E-state index in [0.717, 1.165) is 49.2 Å². The van der Waals surface area contributed by atoms with Crippen molar-refractivity contribution in [1.82, 2.24) is 19.5 Å². The molecule has 58 heavy (non-hydrogen) atoms. The van der Waals surface area contributed by atoms with Gasteiger partial charge in [0.15, 0.2) is 0 Å². The van der Waals surface area contributed by atoms with Crippen LogP contribution >= 0.6 is 11.3 Å². The average molecular weight is 1020 g/mol. The summed E-state index contributed by atoms with van der Waals surface area (Å²) in [6.45, 7) is 9.04. The molecular formula is C50H45FGeIrN4S-2. The van der Waals surface area contributed by atoms with E-state index in [1.54, 1.807) is 0 Å². The zero-order valence-electron chi connectivity index (χ0n) is 33.8. The minimum absolute atomic E-state index is 0. The quantitative estimate of drug-likeness (QED) is 0.0908. The Balaban J connectivity index is 0.000000254. The summed E-state index contributed by atoms with van der Waals surface area (Å²) in [6.07, 6.45) is 2.04. The van der Waals surface area contributed by atoms with Crippen molar-refractivity contribution in [3.05, 3.63) is 163 Å². The monoisotopic (exact) mass is 1020 g/mol. The molecule has 4 aromatic heterocycles. The number of imidazole rings is 1. The first-order valence-electron chi connectivity index (χ1n) is 19.5. The van der Waals surface area contributed by atoms with E-state index in [1.807, 2.05) is 54.7 Å². The van der Waals surface area contributed by atoms with E-state index in [4.69, 9.17) is 4.98 Å². The molecule has 0 amide bonds. The molecule has 5 aromatic carbocycles. The third-order valence-corrected chi connectivity index (χ3v) is 15.8. The summed E-state index contributed by atoms with van der Waals surface area (Å²) in [5, 5.41) is 1.99. The van der Waals surface area contributed by atoms with Gasteiger partial charge in [0.25, 0.3) is 0 Å². The molecule has 0 atom stereocenters. The molecule has 4 heterocycles. The van der Waals surface area contributed by atoms with Crippen LogP contribution in [0.3, 0.4) is 0 Å². The summed E-state index contributed by atoms with van der Waals surface area (Å²) >= 11 is -0.220. The predicted molar refractivity (Wildman–Crippen MR) is 241 cm³/mol. The zero-order chi connectivity index (χ0) is 39.8. The third kappa shape index (κ3) is 8.24. The maximum atomic E-state index is 14.1. The third-order valence-electron chi connectivity index (χ3n) is 10.4. The van der Waals surface area contributed by atoms with Gasteiger partial charge in [-0.1, -0.05) is 81.1 Å². The number of fused-ring (bicyclic) bond motifs is 4. The molecule has 1 radical (unpaired) electrons. The Morgan fingerprint density at radius 3 is 2.05 bits per heavy atom. The van der Waals surface area contributed by atoms with Crippen molar-refractivity contribution in [2.75, 3.05) is 0 Å². The summed E-state index contributed by atoms with van der Waals surface area (Å²) in [6, 6.07) is 49.8. The summed E-state index contributed by atoms with van der Waals surface area (Å²) in [5.41, 5.74) is 11.1. The van der Waals surface area contributed by atoms with E-state index in [9.17, 15) is 4.39 Å². The van der Waals surface area contributed by atoms with Gasteiger partial charge in [-0.2, -0.15) is 15.7 Å². The number of para-hydroxylation sites is 2. The topological polar surface area (TPSA) is 43.6 Å². The number of hydrogen-bond acceptors (Lipinski definition) is 4. The molecule has 0 spiro atoms. The molecule has 0 unspecified atom stereocenters. The van der Waals surface area contributed by atoms with E-state index in [-0.39, 0.29) is 31.9 Å². The molecule has 0 aliphatic heterocycles. The zero-order valence-corrected chi connectivity index (χ0v) is 39.1. The Hall–Kier alpha value is -4.79. The van der Waals surface area contributed by atoms with E-state index in [0.29, 0.717) is 4.83 Å². The number of halogens is 1. The number of benzene rings is 5. The predicted octanol–water partition coefficient (Wildman–Crippen LogP) is 13.4. The maximum absolute atomic E-state index is 14.1. The van der Waals surface area contributed by atoms with Crippen LogP contribution in [0.1, 0.15) is 50.7 Å². The molecule has 0 aliphatic rings. The Bertz CT molecular complexity index is 2810. The van der Waals surface area contributed by atoms with Gasteiger partial charge in [-0.25, -0.2) is 4.98 Å². The van der Waals surface area contributed by atoms with Crippen molar-refractivity contribution in [3.8, 4) is 39.5 Å². The fraction of sp³-hybridized carbons (Fsp3) is 0.180. The second kappa shape index (κ2) is 17.2. The van der Waals surface area contributed by atoms with Gasteiger partial charge in [-0.15, -0.1) is 18.2 Å². The number of rotatable bonds is 7. The van der Waals surface area contributed by atoms with Gasteiger partial charge < -0.3 is 4.57 Å². The molecule has 0 bridgehead atoms. The van der Waals surface area contributed by atoms with E-state index < -0.39 is 19.2 Å². The van der Waals surface area contributed by atoms with E-state index >= 15 is 0 Å². The Labute approximate surface area is 361 Å². The molecule has 0 saturated heterocycles. The van der Waals surface area contributed by atoms with Crippen molar-refractivity contribution in [2.45, 2.75) is 56.8 Å². The molecule has 0 aliphatic carbocycles. The molecule has 0 saturated carbocycles. The smallest absolute Gasteiger partial charge is 0 e. The van der Waals surface area contributed by atoms with Crippen LogP contribution in [-0.2, 0) is 20.1 Å². The van der Waals surface area contributed by atoms with Gasteiger partial charge in [0, 0.05) is 31.2 Å². The van der Waals surface area contributed by atoms with Crippen molar-refractivity contribution < 1.29 is 24.5 Å². The minimum Gasteiger partial charge on any atom is 0 e. The summed E-state index contributed by atoms with van der Waals surface area (Å²) in [7, 11) is 0. The minimum atomic E-state index is -1.72. The normalized spacial score (nSPS) is 11.6. The number of hydrogen-bond donors (Lipinski definition) is 0. The second-order valence-electron chi connectivity index (χ2n) is 16.1. The fourth-order valence-electron chi connectivity index (χ4n) is 7.35. The van der Waals surface area contributed by atoms with Crippen molar-refractivity contribution in [3.63, 3.8) is 0 Å². The summed E-state index contributed by atoms with van der Waals surface area (Å²) < 4.78 is 18.9. The molecule has 8 heteroatoms. The molecular weight excluding hydrogens is 972 g/mol. The van der Waals surface area contributed by atoms with Crippen LogP contribution < -0.4 is 4.40 Å². The number of pyridine rings is 2. The number of thiophene rings is 1. The van der Waals surface area contributed by atoms with Gasteiger partial charge >= 0.3 is 99.8 Å². The van der Waals surface area contributed by atoms with Crippen molar-refractivity contribution >= 4 is 60.3 Å². The first kappa shape index (κ1) is 41.4. The molecule has 293 valence electrons. The van der Waals surface area contributed by atoms with Crippen molar-refractivity contribution in [2.24, 2.45) is 0 Å². The SMILES string of the molecule is CC(C)c1cc(-c2ccccc2)cc(C(C)C)c1-n1c(-c2[c-]ccc3c2sc2nc(F)ccc23)nc2ccccc21.[CH3][Ge]([CH3])([CH3])[c]1ccc(-c2[c-]cccc2)nc1.[Ir]. The van der Waals surface area contributed by atoms with Gasteiger partial charge in [-0.3, -0.25) is 4.98 Å². The van der Waals surface area contributed by atoms with Crippen LogP contribution in [0, 0.1) is 18.1 Å². The van der Waals surface area contributed by atoms with E-state index in [1.165, 1.54) is 49.7 Å². The Morgan fingerprint density at radius 2 is 1.40 bits per heavy atom. The van der Waals surface area contributed by atoms with Crippen LogP contribution in [0.5, 0.6) is 0 Å². The first-order valence-corrected chi connectivity index (χ1v) is 27.7. The number of aromatic nitrogens is 4. The number of nitrogens with zero attached hydrogens (tertiary/aromatic N) is 4. The largest absolute Gasteiger partial charge is 0 e. The first-order chi connectivity index (χ1) is 27.5. The molecule has 4 nitrogen and oxygen atoms in total. The Morgan fingerprint density at radius 1 is 0.690 bits per heavy atom. The van der Waals surface area contributed by atoms with Crippen LogP contribution in [0.15, 0.2) is 134 Å². The second-order valence-corrected chi connectivity index (χ2v) is 27.7. The summed E-state index contributed by atoms with van der Waals surface area (Å²) in [5.74, 6) is 8.05. The average Bonchev–Trinajstić information content (AvgIpc) is 3.79. The van der Waals surface area contributed by atoms with Gasteiger partial charge in [0.05, 0.1) is 16.9 Å². The standard InChI is InChI=1S/C36H29FN3S.C14H16GeN.Ir/c1-21(2)28-19-24(23-11-6-5-7-12-23)20-29(22(3)4)33(28)40-31-16-9-8-15-30(31)38-35(40)27-14-10-13-25-26-17-18-32(37)39-36(26)41-34(25)27;1-15(2,3)13-9-10-14(16-11-13)12-7-5-4-6-8-12;/h5-13,15-22H,1-4H3;4-7,9-11H,1-3H3;/q2*-1;. The fourth-order valence-corrected chi connectivity index (χ4v) is 10.7. The van der Waals surface area contributed by atoms with Gasteiger partial charge in [0.2, 0.25) is 5.95 Å². The van der Waals surface area contributed by atoms with Crippen LogP contribution in [0.2, 0.25) is 17.3 Å². The molecule has 0 fully saturated rings. The van der Waals surface area contributed by atoms with Crippen molar-refractivity contribution in [1.29, 1.82) is 0 Å². The van der Waals surface area contributed by atoms with Gasteiger partial charge in [-0.05, 0) is 75.2 Å². The maximum Gasteiger partial charge on any atom is 0 e. The van der Waals surface area contributed by atoms with Crippen LogP contribution in [0.25, 0.3) is 70.8 Å². The molecule has 9 rings (SSSR count). The molecule has 0 N–H and O–H groups in total. The molecule has 9 aromatic rings. The van der Waals surface area contributed by atoms with E-state index in [2.05, 4.69) is 144 Å². The Kier molecular flexibility index (Phi) is 12.3. The van der Waals surface area contributed by atoms with Gasteiger partial charge in [0.1, 0.15) is 4.83 Å². The van der Waals surface area contributed by atoms with Crippen LogP contribution in [-0.4, -0.2) is 32.8 Å².